The first kappa shape index (κ1) is 12.6. The monoisotopic (exact) mass is 254 g/mol. The van der Waals surface area contributed by atoms with Crippen LogP contribution in [-0.2, 0) is 6.42 Å². The Morgan fingerprint density at radius 3 is 2.65 bits per heavy atom. The summed E-state index contributed by atoms with van der Waals surface area (Å²) in [5.74, 6) is 1.87. The van der Waals surface area contributed by atoms with Gasteiger partial charge < -0.3 is 10.2 Å². The zero-order valence-electron chi connectivity index (χ0n) is 10.5. The first-order valence-corrected chi connectivity index (χ1v) is 6.59. The zero-order chi connectivity index (χ0) is 12.3. The molecule has 94 valence electrons. The van der Waals surface area contributed by atoms with Crippen molar-refractivity contribution in [3.05, 3.63) is 16.5 Å². The maximum Gasteiger partial charge on any atom is 0.137 e. The van der Waals surface area contributed by atoms with E-state index in [9.17, 15) is 0 Å². The Morgan fingerprint density at radius 1 is 1.29 bits per heavy atom. The van der Waals surface area contributed by atoms with Gasteiger partial charge in [-0.1, -0.05) is 18.5 Å². The SMILES string of the molecule is CCCc1nc(Cl)c(C)c(N2CCNCC2)n1. The highest BCUT2D eigenvalue weighted by molar-refractivity contribution is 6.30. The number of hydrogen-bond donors (Lipinski definition) is 1. The number of anilines is 1. The molecule has 0 aromatic carbocycles. The Bertz CT molecular complexity index is 388. The Morgan fingerprint density at radius 2 is 2.00 bits per heavy atom. The van der Waals surface area contributed by atoms with Crippen LogP contribution in [0.25, 0.3) is 0 Å². The fourth-order valence-electron chi connectivity index (χ4n) is 2.04. The van der Waals surface area contributed by atoms with Gasteiger partial charge in [-0.05, 0) is 13.3 Å². The van der Waals surface area contributed by atoms with Gasteiger partial charge in [0.2, 0.25) is 0 Å². The van der Waals surface area contributed by atoms with Gasteiger partial charge in [0, 0.05) is 38.2 Å². The molecule has 17 heavy (non-hydrogen) atoms. The number of rotatable bonds is 3. The lowest BCUT2D eigenvalue weighted by molar-refractivity contribution is 0.582. The van der Waals surface area contributed by atoms with Gasteiger partial charge in [-0.25, -0.2) is 9.97 Å². The number of hydrogen-bond acceptors (Lipinski definition) is 4. The van der Waals surface area contributed by atoms with Crippen molar-refractivity contribution in [2.45, 2.75) is 26.7 Å². The molecule has 0 amide bonds. The van der Waals surface area contributed by atoms with Crippen LogP contribution in [0.5, 0.6) is 0 Å². The predicted molar refractivity (Wildman–Crippen MR) is 70.9 cm³/mol. The summed E-state index contributed by atoms with van der Waals surface area (Å²) in [6.45, 7) is 8.10. The maximum atomic E-state index is 6.18. The number of halogens is 1. The quantitative estimate of drug-likeness (QED) is 0.836. The molecule has 1 aliphatic heterocycles. The van der Waals surface area contributed by atoms with Gasteiger partial charge in [-0.3, -0.25) is 0 Å². The largest absolute Gasteiger partial charge is 0.354 e. The summed E-state index contributed by atoms with van der Waals surface area (Å²) < 4.78 is 0. The summed E-state index contributed by atoms with van der Waals surface area (Å²) in [7, 11) is 0. The third-order valence-corrected chi connectivity index (χ3v) is 3.37. The van der Waals surface area contributed by atoms with Crippen molar-refractivity contribution in [1.29, 1.82) is 0 Å². The molecule has 1 aromatic heterocycles. The molecule has 2 rings (SSSR count). The van der Waals surface area contributed by atoms with Crippen LogP contribution < -0.4 is 10.2 Å². The molecule has 0 bridgehead atoms. The lowest BCUT2D eigenvalue weighted by Gasteiger charge is -2.29. The number of piperazine rings is 1. The van der Waals surface area contributed by atoms with Gasteiger partial charge in [0.1, 0.15) is 16.8 Å². The fraction of sp³-hybridized carbons (Fsp3) is 0.667. The molecule has 5 heteroatoms. The zero-order valence-corrected chi connectivity index (χ0v) is 11.2. The third kappa shape index (κ3) is 2.87. The van der Waals surface area contributed by atoms with Crippen LogP contribution in [0, 0.1) is 6.92 Å². The topological polar surface area (TPSA) is 41.1 Å². The molecule has 1 fully saturated rings. The van der Waals surface area contributed by atoms with E-state index in [4.69, 9.17) is 11.6 Å². The minimum atomic E-state index is 0.594. The van der Waals surface area contributed by atoms with Crippen LogP contribution in [0.2, 0.25) is 5.15 Å². The normalized spacial score (nSPS) is 16.3. The summed E-state index contributed by atoms with van der Waals surface area (Å²) in [6, 6.07) is 0. The highest BCUT2D eigenvalue weighted by Gasteiger charge is 2.17. The molecule has 0 atom stereocenters. The second-order valence-electron chi connectivity index (χ2n) is 4.37. The molecule has 1 N–H and O–H groups in total. The predicted octanol–water partition coefficient (Wildman–Crippen LogP) is 1.80. The lowest BCUT2D eigenvalue weighted by atomic mass is 10.2. The Kier molecular flexibility index (Phi) is 4.18. The van der Waals surface area contributed by atoms with Gasteiger partial charge >= 0.3 is 0 Å². The Labute approximate surface area is 107 Å². The number of nitrogens with one attached hydrogen (secondary N) is 1. The highest BCUT2D eigenvalue weighted by Crippen LogP contribution is 2.24. The molecule has 0 saturated carbocycles. The van der Waals surface area contributed by atoms with E-state index >= 15 is 0 Å². The first-order valence-electron chi connectivity index (χ1n) is 6.21. The molecular weight excluding hydrogens is 236 g/mol. The van der Waals surface area contributed by atoms with Crippen LogP contribution in [0.4, 0.5) is 5.82 Å². The molecule has 0 radical (unpaired) electrons. The first-order chi connectivity index (χ1) is 8.22. The second kappa shape index (κ2) is 5.65. The standard InChI is InChI=1S/C12H19ClN4/c1-3-4-10-15-11(13)9(2)12(16-10)17-7-5-14-6-8-17/h14H,3-8H2,1-2H3. The van der Waals surface area contributed by atoms with Crippen molar-refractivity contribution in [2.24, 2.45) is 0 Å². The molecule has 1 saturated heterocycles. The van der Waals surface area contributed by atoms with Crippen molar-refractivity contribution in [2.75, 3.05) is 31.1 Å². The van der Waals surface area contributed by atoms with E-state index in [0.29, 0.717) is 5.15 Å². The highest BCUT2D eigenvalue weighted by atomic mass is 35.5. The van der Waals surface area contributed by atoms with Crippen molar-refractivity contribution in [3.8, 4) is 0 Å². The van der Waals surface area contributed by atoms with Crippen molar-refractivity contribution in [1.82, 2.24) is 15.3 Å². The molecule has 2 heterocycles. The molecule has 0 unspecified atom stereocenters. The summed E-state index contributed by atoms with van der Waals surface area (Å²) in [5, 5.41) is 3.93. The number of aromatic nitrogens is 2. The molecule has 0 aliphatic carbocycles. The summed E-state index contributed by atoms with van der Waals surface area (Å²) >= 11 is 6.18. The van der Waals surface area contributed by atoms with E-state index in [1.165, 1.54) is 0 Å². The van der Waals surface area contributed by atoms with Crippen LogP contribution in [-0.4, -0.2) is 36.1 Å². The van der Waals surface area contributed by atoms with Gasteiger partial charge in [0.15, 0.2) is 0 Å². The molecule has 1 aliphatic rings. The van der Waals surface area contributed by atoms with Crippen molar-refractivity contribution >= 4 is 17.4 Å². The van der Waals surface area contributed by atoms with Crippen LogP contribution in [0.15, 0.2) is 0 Å². The van der Waals surface area contributed by atoms with E-state index in [-0.39, 0.29) is 0 Å². The average molecular weight is 255 g/mol. The minimum absolute atomic E-state index is 0.594. The van der Waals surface area contributed by atoms with E-state index in [2.05, 4.69) is 27.1 Å². The molecule has 1 aromatic rings. The smallest absolute Gasteiger partial charge is 0.137 e. The van der Waals surface area contributed by atoms with E-state index < -0.39 is 0 Å². The average Bonchev–Trinajstić information content (AvgIpc) is 2.35. The van der Waals surface area contributed by atoms with Gasteiger partial charge in [0.25, 0.3) is 0 Å². The second-order valence-corrected chi connectivity index (χ2v) is 4.72. The third-order valence-electron chi connectivity index (χ3n) is 3.00. The number of nitrogens with zero attached hydrogens (tertiary/aromatic N) is 3. The minimum Gasteiger partial charge on any atom is -0.354 e. The van der Waals surface area contributed by atoms with Crippen molar-refractivity contribution in [3.63, 3.8) is 0 Å². The summed E-state index contributed by atoms with van der Waals surface area (Å²) in [5.41, 5.74) is 0.994. The van der Waals surface area contributed by atoms with E-state index in [1.807, 2.05) is 6.92 Å². The van der Waals surface area contributed by atoms with Gasteiger partial charge in [0.05, 0.1) is 0 Å². The Hall–Kier alpha value is -0.870. The van der Waals surface area contributed by atoms with E-state index in [1.54, 1.807) is 0 Å². The van der Waals surface area contributed by atoms with Crippen molar-refractivity contribution < 1.29 is 0 Å². The summed E-state index contributed by atoms with van der Waals surface area (Å²) in [6.07, 6.45) is 1.93. The molecular formula is C12H19ClN4. The lowest BCUT2D eigenvalue weighted by Crippen LogP contribution is -2.44. The maximum absolute atomic E-state index is 6.18. The van der Waals surface area contributed by atoms with Gasteiger partial charge in [-0.15, -0.1) is 0 Å². The van der Waals surface area contributed by atoms with Crippen LogP contribution >= 0.6 is 11.6 Å². The summed E-state index contributed by atoms with van der Waals surface area (Å²) in [4.78, 5) is 11.3. The number of aryl methyl sites for hydroxylation is 1. The Balaban J connectivity index is 2.29. The van der Waals surface area contributed by atoms with E-state index in [0.717, 1.165) is 56.2 Å². The fourth-order valence-corrected chi connectivity index (χ4v) is 2.22. The van der Waals surface area contributed by atoms with Crippen LogP contribution in [0.3, 0.4) is 0 Å². The molecule has 4 nitrogen and oxygen atoms in total. The van der Waals surface area contributed by atoms with Gasteiger partial charge in [-0.2, -0.15) is 0 Å². The molecule has 0 spiro atoms. The van der Waals surface area contributed by atoms with Crippen LogP contribution in [0.1, 0.15) is 24.7 Å².